The van der Waals surface area contributed by atoms with Crippen LogP contribution >= 0.6 is 0 Å². The highest BCUT2D eigenvalue weighted by Gasteiger charge is 2.60. The highest BCUT2D eigenvalue weighted by atomic mass is 15.5. The Hall–Kier alpha value is -0.930. The molecular formula is C28H48N4. The Morgan fingerprint density at radius 1 is 0.906 bits per heavy atom. The normalized spacial score (nSPS) is 44.7. The standard InChI is InChI=1S/C28H48N4/c1-19(2)7-6-8-20(3)24-11-12-25-23-10-9-21-17-22(32-18-29-30-31-32)13-15-27(21,4)26(23)14-16-28(24,25)5/h18-26H,6-17H2,1-5H3/t20-,21+,22-,23?,24-,25?,26?,27+,28-/m1/s1. The van der Waals surface area contributed by atoms with Gasteiger partial charge in [-0.3, -0.25) is 0 Å². The van der Waals surface area contributed by atoms with Gasteiger partial charge in [-0.2, -0.15) is 0 Å². The number of tetrazole rings is 1. The summed E-state index contributed by atoms with van der Waals surface area (Å²) >= 11 is 0. The van der Waals surface area contributed by atoms with E-state index in [-0.39, 0.29) is 0 Å². The van der Waals surface area contributed by atoms with Crippen molar-refractivity contribution in [2.24, 2.45) is 52.3 Å². The van der Waals surface area contributed by atoms with Crippen LogP contribution in [0, 0.1) is 52.3 Å². The second-order valence-corrected chi connectivity index (χ2v) is 13.4. The molecule has 5 rings (SSSR count). The van der Waals surface area contributed by atoms with E-state index >= 15 is 0 Å². The van der Waals surface area contributed by atoms with E-state index in [1.54, 1.807) is 0 Å². The molecule has 1 heterocycles. The van der Waals surface area contributed by atoms with Gasteiger partial charge in [-0.25, -0.2) is 4.68 Å². The summed E-state index contributed by atoms with van der Waals surface area (Å²) in [7, 11) is 0. The molecular weight excluding hydrogens is 392 g/mol. The second kappa shape index (κ2) is 8.69. The number of hydrogen-bond acceptors (Lipinski definition) is 3. The van der Waals surface area contributed by atoms with Crippen molar-refractivity contribution in [2.45, 2.75) is 118 Å². The smallest absolute Gasteiger partial charge is 0.138 e. The van der Waals surface area contributed by atoms with Crippen molar-refractivity contribution in [2.75, 3.05) is 0 Å². The number of fused-ring (bicyclic) bond motifs is 5. The molecule has 0 saturated heterocycles. The summed E-state index contributed by atoms with van der Waals surface area (Å²) in [6.07, 6.45) is 19.0. The molecule has 0 N–H and O–H groups in total. The van der Waals surface area contributed by atoms with Crippen LogP contribution in [0.25, 0.3) is 0 Å². The molecule has 0 aliphatic heterocycles. The van der Waals surface area contributed by atoms with Gasteiger partial charge in [0.25, 0.3) is 0 Å². The van der Waals surface area contributed by atoms with Crippen molar-refractivity contribution >= 4 is 0 Å². The van der Waals surface area contributed by atoms with Crippen molar-refractivity contribution in [1.82, 2.24) is 20.2 Å². The third-order valence-electron chi connectivity index (χ3n) is 11.6. The van der Waals surface area contributed by atoms with Gasteiger partial charge in [0.15, 0.2) is 0 Å². The molecule has 1 aromatic rings. The first-order valence-corrected chi connectivity index (χ1v) is 14.1. The molecule has 3 unspecified atom stereocenters. The van der Waals surface area contributed by atoms with Crippen molar-refractivity contribution in [1.29, 1.82) is 0 Å². The van der Waals surface area contributed by atoms with E-state index in [0.29, 0.717) is 16.9 Å². The fraction of sp³-hybridized carbons (Fsp3) is 0.964. The molecule has 0 bridgehead atoms. The number of aromatic nitrogens is 4. The molecule has 32 heavy (non-hydrogen) atoms. The highest BCUT2D eigenvalue weighted by Crippen LogP contribution is 2.68. The van der Waals surface area contributed by atoms with E-state index in [1.807, 2.05) is 11.0 Å². The Labute approximate surface area is 196 Å². The summed E-state index contributed by atoms with van der Waals surface area (Å²) in [5.41, 5.74) is 1.17. The minimum atomic E-state index is 0.524. The first-order valence-electron chi connectivity index (χ1n) is 14.1. The van der Waals surface area contributed by atoms with Crippen LogP contribution in [0.15, 0.2) is 6.33 Å². The summed E-state index contributed by atoms with van der Waals surface area (Å²) in [5.74, 6) is 6.56. The Bertz CT molecular complexity index is 759. The van der Waals surface area contributed by atoms with Gasteiger partial charge in [-0.15, -0.1) is 5.10 Å². The topological polar surface area (TPSA) is 43.6 Å². The van der Waals surface area contributed by atoms with Crippen LogP contribution in [-0.4, -0.2) is 20.2 Å². The lowest BCUT2D eigenvalue weighted by Gasteiger charge is -2.61. The molecule has 1 aromatic heterocycles. The maximum absolute atomic E-state index is 4.25. The van der Waals surface area contributed by atoms with Crippen LogP contribution in [0.2, 0.25) is 0 Å². The van der Waals surface area contributed by atoms with Gasteiger partial charge < -0.3 is 0 Å². The monoisotopic (exact) mass is 440 g/mol. The Morgan fingerprint density at radius 3 is 2.44 bits per heavy atom. The summed E-state index contributed by atoms with van der Waals surface area (Å²) in [6.45, 7) is 12.8. The van der Waals surface area contributed by atoms with E-state index in [1.165, 1.54) is 77.0 Å². The lowest BCUT2D eigenvalue weighted by Crippen LogP contribution is -2.53. The average Bonchev–Trinajstić information content (AvgIpc) is 3.40. The van der Waals surface area contributed by atoms with Gasteiger partial charge in [-0.05, 0) is 120 Å². The van der Waals surface area contributed by atoms with Gasteiger partial charge in [0.05, 0.1) is 6.04 Å². The fourth-order valence-electron chi connectivity index (χ4n) is 9.84. The van der Waals surface area contributed by atoms with Gasteiger partial charge >= 0.3 is 0 Å². The Balaban J connectivity index is 1.27. The van der Waals surface area contributed by atoms with Crippen molar-refractivity contribution in [3.63, 3.8) is 0 Å². The third-order valence-corrected chi connectivity index (χ3v) is 11.6. The summed E-state index contributed by atoms with van der Waals surface area (Å²) in [4.78, 5) is 0. The molecule has 4 heteroatoms. The molecule has 180 valence electrons. The van der Waals surface area contributed by atoms with Crippen LogP contribution in [0.4, 0.5) is 0 Å². The maximum Gasteiger partial charge on any atom is 0.138 e. The highest BCUT2D eigenvalue weighted by molar-refractivity contribution is 5.09. The zero-order valence-electron chi connectivity index (χ0n) is 21.5. The van der Waals surface area contributed by atoms with E-state index in [4.69, 9.17) is 0 Å². The van der Waals surface area contributed by atoms with Crippen LogP contribution in [0.5, 0.6) is 0 Å². The fourth-order valence-corrected chi connectivity index (χ4v) is 9.84. The van der Waals surface area contributed by atoms with Crippen LogP contribution in [0.1, 0.15) is 118 Å². The summed E-state index contributed by atoms with van der Waals surface area (Å²) < 4.78 is 2.05. The van der Waals surface area contributed by atoms with E-state index in [2.05, 4.69) is 50.1 Å². The quantitative estimate of drug-likeness (QED) is 0.465. The summed E-state index contributed by atoms with van der Waals surface area (Å²) in [5, 5.41) is 12.1. The molecule has 4 nitrogen and oxygen atoms in total. The molecule has 9 atom stereocenters. The molecule has 4 fully saturated rings. The first-order chi connectivity index (χ1) is 15.3. The minimum absolute atomic E-state index is 0.524. The van der Waals surface area contributed by atoms with Gasteiger partial charge in [0, 0.05) is 0 Å². The van der Waals surface area contributed by atoms with Gasteiger partial charge in [0.1, 0.15) is 6.33 Å². The third kappa shape index (κ3) is 3.76. The molecule has 0 radical (unpaired) electrons. The number of nitrogens with zero attached hydrogens (tertiary/aromatic N) is 4. The first kappa shape index (κ1) is 22.8. The maximum atomic E-state index is 4.25. The van der Waals surface area contributed by atoms with Crippen LogP contribution in [-0.2, 0) is 0 Å². The second-order valence-electron chi connectivity index (χ2n) is 13.4. The molecule has 0 aromatic carbocycles. The zero-order chi connectivity index (χ0) is 22.5. The molecule has 0 amide bonds. The predicted octanol–water partition coefficient (Wildman–Crippen LogP) is 7.34. The van der Waals surface area contributed by atoms with Gasteiger partial charge in [-0.1, -0.05) is 53.9 Å². The number of hydrogen-bond donors (Lipinski definition) is 0. The average molecular weight is 441 g/mol. The lowest BCUT2D eigenvalue weighted by molar-refractivity contribution is -0.120. The molecule has 4 aliphatic carbocycles. The van der Waals surface area contributed by atoms with E-state index < -0.39 is 0 Å². The Morgan fingerprint density at radius 2 is 1.69 bits per heavy atom. The molecule has 0 spiro atoms. The summed E-state index contributed by atoms with van der Waals surface area (Å²) in [6, 6.07) is 0.524. The zero-order valence-corrected chi connectivity index (χ0v) is 21.5. The largest absolute Gasteiger partial charge is 0.229 e. The predicted molar refractivity (Wildman–Crippen MR) is 130 cm³/mol. The Kier molecular flexibility index (Phi) is 6.20. The van der Waals surface area contributed by atoms with Crippen molar-refractivity contribution < 1.29 is 0 Å². The van der Waals surface area contributed by atoms with Crippen LogP contribution < -0.4 is 0 Å². The van der Waals surface area contributed by atoms with Crippen LogP contribution in [0.3, 0.4) is 0 Å². The SMILES string of the molecule is CC(C)CCC[C@@H](C)[C@H]1CCC2C3CC[C@H]4C[C@H](n5cnnn5)CC[C@]4(C)C3CC[C@@]21C. The lowest BCUT2D eigenvalue weighted by atomic mass is 9.44. The van der Waals surface area contributed by atoms with E-state index in [0.717, 1.165) is 41.4 Å². The number of rotatable bonds is 6. The minimum Gasteiger partial charge on any atom is -0.229 e. The molecule has 4 aliphatic rings. The molecule has 4 saturated carbocycles. The van der Waals surface area contributed by atoms with Crippen molar-refractivity contribution in [3.8, 4) is 0 Å². The van der Waals surface area contributed by atoms with Gasteiger partial charge in [0.2, 0.25) is 0 Å². The van der Waals surface area contributed by atoms with Crippen molar-refractivity contribution in [3.05, 3.63) is 6.33 Å². The van der Waals surface area contributed by atoms with E-state index in [9.17, 15) is 0 Å².